The van der Waals surface area contributed by atoms with E-state index in [-0.39, 0.29) is 11.2 Å². The smallest absolute Gasteiger partial charge is 0.169 e. The average molecular weight is 254 g/mol. The third-order valence-electron chi connectivity index (χ3n) is 1.58. The first-order valence-corrected chi connectivity index (χ1v) is 5.97. The lowest BCUT2D eigenvalue weighted by Crippen LogP contribution is -2.22. The van der Waals surface area contributed by atoms with Gasteiger partial charge in [-0.05, 0) is 53.7 Å². The van der Waals surface area contributed by atoms with Gasteiger partial charge in [0.25, 0.3) is 0 Å². The molecule has 1 aromatic rings. The average Bonchev–Trinajstić information content (AvgIpc) is 2.22. The molecule has 4 nitrogen and oxygen atoms in total. The molecule has 0 unspecified atom stereocenters. The molecule has 0 saturated carbocycles. The van der Waals surface area contributed by atoms with Crippen LogP contribution in [0.1, 0.15) is 41.5 Å². The van der Waals surface area contributed by atoms with Gasteiger partial charge in [0.1, 0.15) is 11.2 Å². The molecule has 0 saturated heterocycles. The lowest BCUT2D eigenvalue weighted by molar-refractivity contribution is -0.279. The van der Waals surface area contributed by atoms with Crippen LogP contribution in [0.25, 0.3) is 0 Å². The van der Waals surface area contributed by atoms with Crippen LogP contribution in [-0.2, 0) is 9.78 Å². The summed E-state index contributed by atoms with van der Waals surface area (Å²) < 4.78 is 0. The molecule has 18 heavy (non-hydrogen) atoms. The molecule has 0 bridgehead atoms. The van der Waals surface area contributed by atoms with E-state index in [0.29, 0.717) is 11.5 Å². The van der Waals surface area contributed by atoms with Crippen LogP contribution in [0.5, 0.6) is 11.5 Å². The van der Waals surface area contributed by atoms with E-state index in [2.05, 4.69) is 0 Å². The Morgan fingerprint density at radius 2 is 1.11 bits per heavy atom. The van der Waals surface area contributed by atoms with E-state index in [1.165, 1.54) is 0 Å². The van der Waals surface area contributed by atoms with E-state index < -0.39 is 0 Å². The molecule has 1 rings (SSSR count). The zero-order valence-corrected chi connectivity index (χ0v) is 11.9. The summed E-state index contributed by atoms with van der Waals surface area (Å²) in [5.41, 5.74) is -0.725. The Labute approximate surface area is 109 Å². The summed E-state index contributed by atoms with van der Waals surface area (Å²) in [6.07, 6.45) is 0. The molecule has 0 aliphatic carbocycles. The lowest BCUT2D eigenvalue weighted by atomic mass is 10.2. The van der Waals surface area contributed by atoms with Gasteiger partial charge in [-0.15, -0.1) is 0 Å². The molecule has 0 aliphatic heterocycles. The minimum absolute atomic E-state index is 0.362. The third-order valence-corrected chi connectivity index (χ3v) is 1.58. The van der Waals surface area contributed by atoms with Gasteiger partial charge in [0, 0.05) is 6.07 Å². The Kier molecular flexibility index (Phi) is 4.59. The molecule has 0 heterocycles. The fourth-order valence-electron chi connectivity index (χ4n) is 0.924. The SMILES string of the molecule is CC(C)(C)OOc1cccc(OOC(C)(C)C)c1. The number of rotatable bonds is 4. The first-order valence-electron chi connectivity index (χ1n) is 5.97. The molecular formula is C14H22O4. The van der Waals surface area contributed by atoms with Gasteiger partial charge < -0.3 is 9.78 Å². The van der Waals surface area contributed by atoms with Crippen LogP contribution in [0.2, 0.25) is 0 Å². The molecule has 0 atom stereocenters. The summed E-state index contributed by atoms with van der Waals surface area (Å²) in [4.78, 5) is 20.9. The van der Waals surface area contributed by atoms with Gasteiger partial charge in [-0.1, -0.05) is 6.07 Å². The maximum Gasteiger partial charge on any atom is 0.169 e. The van der Waals surface area contributed by atoms with Crippen LogP contribution in [-0.4, -0.2) is 11.2 Å². The van der Waals surface area contributed by atoms with Gasteiger partial charge in [0.15, 0.2) is 11.5 Å². The molecule has 0 N–H and O–H groups in total. The lowest BCUT2D eigenvalue weighted by Gasteiger charge is -2.19. The molecule has 1 aromatic carbocycles. The van der Waals surface area contributed by atoms with Crippen molar-refractivity contribution < 1.29 is 19.6 Å². The maximum absolute atomic E-state index is 5.22. The fourth-order valence-corrected chi connectivity index (χ4v) is 0.924. The number of hydrogen-bond acceptors (Lipinski definition) is 4. The first kappa shape index (κ1) is 14.8. The monoisotopic (exact) mass is 254 g/mol. The molecule has 102 valence electrons. The summed E-state index contributed by atoms with van der Waals surface area (Å²) >= 11 is 0. The molecule has 0 fully saturated rings. The van der Waals surface area contributed by atoms with E-state index in [9.17, 15) is 0 Å². The highest BCUT2D eigenvalue weighted by Gasteiger charge is 2.14. The van der Waals surface area contributed by atoms with Crippen molar-refractivity contribution in [2.75, 3.05) is 0 Å². The highest BCUT2D eigenvalue weighted by molar-refractivity contribution is 5.32. The van der Waals surface area contributed by atoms with E-state index in [4.69, 9.17) is 19.6 Å². The Morgan fingerprint density at radius 1 is 0.722 bits per heavy atom. The normalized spacial score (nSPS) is 12.3. The first-order chi connectivity index (χ1) is 8.16. The van der Waals surface area contributed by atoms with Crippen LogP contribution >= 0.6 is 0 Å². The predicted octanol–water partition coefficient (Wildman–Crippen LogP) is 3.90. The molecule has 0 aliphatic rings. The van der Waals surface area contributed by atoms with Crippen molar-refractivity contribution in [1.82, 2.24) is 0 Å². The van der Waals surface area contributed by atoms with Crippen molar-refractivity contribution in [2.24, 2.45) is 0 Å². The molecule has 0 spiro atoms. The Balaban J connectivity index is 2.57. The van der Waals surface area contributed by atoms with Crippen LogP contribution in [0.4, 0.5) is 0 Å². The summed E-state index contributed by atoms with van der Waals surface area (Å²) in [6.45, 7) is 11.5. The second kappa shape index (κ2) is 5.59. The number of benzene rings is 1. The van der Waals surface area contributed by atoms with Gasteiger partial charge >= 0.3 is 0 Å². The Bertz CT molecular complexity index is 341. The minimum Gasteiger partial charge on any atom is -0.337 e. The van der Waals surface area contributed by atoms with Crippen LogP contribution in [0.15, 0.2) is 24.3 Å². The molecule has 0 aromatic heterocycles. The summed E-state index contributed by atoms with van der Waals surface area (Å²) in [5.74, 6) is 1.14. The zero-order chi connectivity index (χ0) is 13.8. The van der Waals surface area contributed by atoms with Crippen molar-refractivity contribution in [2.45, 2.75) is 52.7 Å². The molecule has 0 amide bonds. The standard InChI is InChI=1S/C14H22O4/c1-13(2,3)17-15-11-8-7-9-12(10-11)16-18-14(4,5)6/h7-10H,1-6H3. The summed E-state index contributed by atoms with van der Waals surface area (Å²) in [7, 11) is 0. The van der Waals surface area contributed by atoms with E-state index in [1.54, 1.807) is 18.2 Å². The molecule has 0 radical (unpaired) electrons. The van der Waals surface area contributed by atoms with Gasteiger partial charge in [0.05, 0.1) is 0 Å². The third kappa shape index (κ3) is 6.47. The highest BCUT2D eigenvalue weighted by Crippen LogP contribution is 2.22. The van der Waals surface area contributed by atoms with Gasteiger partial charge in [0.2, 0.25) is 0 Å². The second-order valence-corrected chi connectivity index (χ2v) is 6.03. The highest BCUT2D eigenvalue weighted by atomic mass is 17.2. The van der Waals surface area contributed by atoms with Crippen molar-refractivity contribution in [3.8, 4) is 11.5 Å². The molecular weight excluding hydrogens is 232 g/mol. The summed E-state index contributed by atoms with van der Waals surface area (Å²) in [5, 5.41) is 0. The van der Waals surface area contributed by atoms with E-state index in [1.807, 2.05) is 47.6 Å². The van der Waals surface area contributed by atoms with Crippen molar-refractivity contribution in [3.63, 3.8) is 0 Å². The van der Waals surface area contributed by atoms with Crippen LogP contribution < -0.4 is 9.78 Å². The van der Waals surface area contributed by atoms with Crippen LogP contribution in [0.3, 0.4) is 0 Å². The van der Waals surface area contributed by atoms with Crippen molar-refractivity contribution in [3.05, 3.63) is 24.3 Å². The Hall–Kier alpha value is -1.26. The van der Waals surface area contributed by atoms with E-state index in [0.717, 1.165) is 0 Å². The van der Waals surface area contributed by atoms with Gasteiger partial charge in [-0.3, -0.25) is 0 Å². The van der Waals surface area contributed by atoms with Crippen LogP contribution in [0, 0.1) is 0 Å². The largest absolute Gasteiger partial charge is 0.337 e. The molecule has 4 heteroatoms. The minimum atomic E-state index is -0.362. The zero-order valence-electron chi connectivity index (χ0n) is 11.9. The van der Waals surface area contributed by atoms with Crippen molar-refractivity contribution >= 4 is 0 Å². The van der Waals surface area contributed by atoms with Gasteiger partial charge in [-0.25, -0.2) is 0 Å². The predicted molar refractivity (Wildman–Crippen MR) is 69.4 cm³/mol. The summed E-state index contributed by atoms with van der Waals surface area (Å²) in [6, 6.07) is 7.09. The second-order valence-electron chi connectivity index (χ2n) is 6.03. The Morgan fingerprint density at radius 3 is 1.44 bits per heavy atom. The number of hydrogen-bond donors (Lipinski definition) is 0. The quantitative estimate of drug-likeness (QED) is 0.603. The maximum atomic E-state index is 5.22. The van der Waals surface area contributed by atoms with E-state index >= 15 is 0 Å². The topological polar surface area (TPSA) is 36.9 Å². The fraction of sp³-hybridized carbons (Fsp3) is 0.571. The van der Waals surface area contributed by atoms with Gasteiger partial charge in [-0.2, -0.15) is 9.78 Å². The van der Waals surface area contributed by atoms with Crippen molar-refractivity contribution in [1.29, 1.82) is 0 Å².